The van der Waals surface area contributed by atoms with Crippen molar-refractivity contribution in [2.24, 2.45) is 5.84 Å². The Kier molecular flexibility index (Phi) is 5.24. The summed E-state index contributed by atoms with van der Waals surface area (Å²) in [6.07, 6.45) is 6.44. The first kappa shape index (κ1) is 15.1. The number of hydrogen-bond donors (Lipinski definition) is 3. The van der Waals surface area contributed by atoms with Crippen molar-refractivity contribution >= 4 is 16.0 Å². The number of nitrogen functional groups attached to an aromatic ring is 1. The molecule has 0 radical (unpaired) electrons. The summed E-state index contributed by atoms with van der Waals surface area (Å²) in [5, 5.41) is 0. The highest BCUT2D eigenvalue weighted by Gasteiger charge is 2.17. The molecule has 0 bridgehead atoms. The molecule has 1 aliphatic rings. The fourth-order valence-corrected chi connectivity index (χ4v) is 2.94. The van der Waals surface area contributed by atoms with Crippen molar-refractivity contribution in [3.63, 3.8) is 0 Å². The van der Waals surface area contributed by atoms with E-state index in [-0.39, 0.29) is 16.9 Å². The van der Waals surface area contributed by atoms with Crippen molar-refractivity contribution in [3.8, 4) is 0 Å². The third-order valence-corrected chi connectivity index (χ3v) is 4.52. The van der Waals surface area contributed by atoms with Gasteiger partial charge < -0.3 is 4.74 Å². The van der Waals surface area contributed by atoms with Crippen LogP contribution >= 0.6 is 0 Å². The highest BCUT2D eigenvalue weighted by Crippen LogP contribution is 2.15. The topological polar surface area (TPSA) is 119 Å². The average molecular weight is 301 g/mol. The summed E-state index contributed by atoms with van der Waals surface area (Å²) < 4.78 is 32.0. The van der Waals surface area contributed by atoms with E-state index in [9.17, 15) is 8.42 Å². The maximum absolute atomic E-state index is 12.0. The van der Waals surface area contributed by atoms with Gasteiger partial charge in [-0.15, -0.1) is 0 Å². The van der Waals surface area contributed by atoms with Gasteiger partial charge >= 0.3 is 0 Å². The van der Waals surface area contributed by atoms with Crippen LogP contribution in [-0.2, 0) is 14.8 Å². The van der Waals surface area contributed by atoms with Crippen LogP contribution in [0.4, 0.5) is 5.95 Å². The molecule has 8 nitrogen and oxygen atoms in total. The Bertz CT molecular complexity index is 513. The molecular formula is C11H19N5O3S. The molecule has 9 heteroatoms. The van der Waals surface area contributed by atoms with Gasteiger partial charge in [0.25, 0.3) is 0 Å². The predicted molar refractivity (Wildman–Crippen MR) is 73.2 cm³/mol. The number of aromatic nitrogens is 2. The molecule has 0 spiro atoms. The van der Waals surface area contributed by atoms with Crippen LogP contribution in [0.25, 0.3) is 0 Å². The van der Waals surface area contributed by atoms with Gasteiger partial charge in [0.2, 0.25) is 16.0 Å². The summed E-state index contributed by atoms with van der Waals surface area (Å²) in [5.41, 5.74) is 2.24. The Morgan fingerprint density at radius 3 is 2.70 bits per heavy atom. The standard InChI is InChI=1S/C11H19N5O3S/c12-16-11-13-7-10(8-14-11)20(17,18)15-5-4-9-3-1-2-6-19-9/h7-9,15H,1-6,12H2,(H,13,14,16). The van der Waals surface area contributed by atoms with Gasteiger partial charge in [0.1, 0.15) is 4.90 Å². The number of hydrazine groups is 1. The van der Waals surface area contributed by atoms with Crippen LogP contribution in [0, 0.1) is 0 Å². The number of nitrogens with one attached hydrogen (secondary N) is 2. The molecule has 2 heterocycles. The molecule has 0 saturated carbocycles. The van der Waals surface area contributed by atoms with E-state index < -0.39 is 10.0 Å². The summed E-state index contributed by atoms with van der Waals surface area (Å²) in [4.78, 5) is 7.56. The second kappa shape index (κ2) is 6.93. The highest BCUT2D eigenvalue weighted by molar-refractivity contribution is 7.89. The van der Waals surface area contributed by atoms with Crippen molar-refractivity contribution in [1.82, 2.24) is 14.7 Å². The van der Waals surface area contributed by atoms with Gasteiger partial charge in [0, 0.05) is 13.2 Å². The smallest absolute Gasteiger partial charge is 0.243 e. The summed E-state index contributed by atoms with van der Waals surface area (Å²) in [6.45, 7) is 1.10. The molecule has 1 saturated heterocycles. The van der Waals surface area contributed by atoms with Gasteiger partial charge in [0.15, 0.2) is 0 Å². The van der Waals surface area contributed by atoms with Crippen LogP contribution in [0.15, 0.2) is 17.3 Å². The summed E-state index contributed by atoms with van der Waals surface area (Å²) in [5.74, 6) is 5.28. The lowest BCUT2D eigenvalue weighted by molar-refractivity contribution is 0.0123. The first-order valence-electron chi connectivity index (χ1n) is 6.52. The number of sulfonamides is 1. The molecule has 2 rings (SSSR count). The van der Waals surface area contributed by atoms with E-state index in [1.165, 1.54) is 12.4 Å². The Morgan fingerprint density at radius 1 is 1.35 bits per heavy atom. The van der Waals surface area contributed by atoms with Crippen LogP contribution in [0.1, 0.15) is 25.7 Å². The van der Waals surface area contributed by atoms with E-state index in [2.05, 4.69) is 20.1 Å². The summed E-state index contributed by atoms with van der Waals surface area (Å²) in [6, 6.07) is 0. The van der Waals surface area contributed by atoms with Gasteiger partial charge in [-0.25, -0.2) is 29.0 Å². The van der Waals surface area contributed by atoms with E-state index in [0.29, 0.717) is 13.0 Å². The van der Waals surface area contributed by atoms with Crippen LogP contribution in [0.5, 0.6) is 0 Å². The fraction of sp³-hybridized carbons (Fsp3) is 0.636. The molecule has 1 atom stereocenters. The third-order valence-electron chi connectivity index (χ3n) is 3.10. The lowest BCUT2D eigenvalue weighted by atomic mass is 10.1. The monoisotopic (exact) mass is 301 g/mol. The number of nitrogens with two attached hydrogens (primary N) is 1. The molecule has 1 aromatic rings. The van der Waals surface area contributed by atoms with Crippen molar-refractivity contribution in [3.05, 3.63) is 12.4 Å². The number of rotatable bonds is 6. The minimum atomic E-state index is -3.59. The molecule has 4 N–H and O–H groups in total. The van der Waals surface area contributed by atoms with E-state index >= 15 is 0 Å². The Balaban J connectivity index is 1.86. The van der Waals surface area contributed by atoms with Crippen LogP contribution in [0.2, 0.25) is 0 Å². The van der Waals surface area contributed by atoms with Gasteiger partial charge in [-0.2, -0.15) is 0 Å². The minimum absolute atomic E-state index is 0.0149. The summed E-state index contributed by atoms with van der Waals surface area (Å²) in [7, 11) is -3.59. The molecular weight excluding hydrogens is 282 g/mol. The SMILES string of the molecule is NNc1ncc(S(=O)(=O)NCCC2CCCCO2)cn1. The van der Waals surface area contributed by atoms with Crippen LogP contribution in [-0.4, -0.2) is 37.6 Å². The molecule has 0 amide bonds. The second-order valence-corrected chi connectivity index (χ2v) is 6.33. The van der Waals surface area contributed by atoms with Gasteiger partial charge in [-0.05, 0) is 25.7 Å². The van der Waals surface area contributed by atoms with E-state index in [4.69, 9.17) is 10.6 Å². The van der Waals surface area contributed by atoms with Crippen molar-refractivity contribution < 1.29 is 13.2 Å². The largest absolute Gasteiger partial charge is 0.378 e. The fourth-order valence-electron chi connectivity index (χ4n) is 2.00. The zero-order valence-corrected chi connectivity index (χ0v) is 11.9. The van der Waals surface area contributed by atoms with E-state index in [1.54, 1.807) is 0 Å². The number of anilines is 1. The second-order valence-electron chi connectivity index (χ2n) is 4.56. The molecule has 0 aliphatic carbocycles. The van der Waals surface area contributed by atoms with Gasteiger partial charge in [-0.1, -0.05) is 0 Å². The molecule has 20 heavy (non-hydrogen) atoms. The first-order chi connectivity index (χ1) is 9.62. The third kappa shape index (κ3) is 4.10. The maximum Gasteiger partial charge on any atom is 0.243 e. The first-order valence-corrected chi connectivity index (χ1v) is 8.00. The minimum Gasteiger partial charge on any atom is -0.378 e. The molecule has 1 aromatic heterocycles. The van der Waals surface area contributed by atoms with Crippen LogP contribution < -0.4 is 16.0 Å². The van der Waals surface area contributed by atoms with E-state index in [1.807, 2.05) is 0 Å². The lowest BCUT2D eigenvalue weighted by Crippen LogP contribution is -2.29. The maximum atomic E-state index is 12.0. The zero-order valence-electron chi connectivity index (χ0n) is 11.1. The highest BCUT2D eigenvalue weighted by atomic mass is 32.2. The van der Waals surface area contributed by atoms with Crippen LogP contribution in [0.3, 0.4) is 0 Å². The lowest BCUT2D eigenvalue weighted by Gasteiger charge is -2.22. The van der Waals surface area contributed by atoms with Crippen molar-refractivity contribution in [2.75, 3.05) is 18.6 Å². The Labute approximate surface area is 118 Å². The Morgan fingerprint density at radius 2 is 2.10 bits per heavy atom. The zero-order chi connectivity index (χ0) is 14.4. The molecule has 0 aromatic carbocycles. The number of ether oxygens (including phenoxy) is 1. The number of nitrogens with zero attached hydrogens (tertiary/aromatic N) is 2. The Hall–Kier alpha value is -1.29. The van der Waals surface area contributed by atoms with Crippen molar-refractivity contribution in [1.29, 1.82) is 0 Å². The van der Waals surface area contributed by atoms with Gasteiger partial charge in [-0.3, -0.25) is 5.43 Å². The predicted octanol–water partition coefficient (Wildman–Crippen LogP) is -0.000300. The van der Waals surface area contributed by atoms with E-state index in [0.717, 1.165) is 25.9 Å². The van der Waals surface area contributed by atoms with Crippen molar-refractivity contribution in [2.45, 2.75) is 36.7 Å². The number of hydrogen-bond acceptors (Lipinski definition) is 7. The van der Waals surface area contributed by atoms with Gasteiger partial charge in [0.05, 0.1) is 18.5 Å². The molecule has 1 fully saturated rings. The average Bonchev–Trinajstić information content (AvgIpc) is 2.48. The summed E-state index contributed by atoms with van der Waals surface area (Å²) >= 11 is 0. The molecule has 1 aliphatic heterocycles. The normalized spacial score (nSPS) is 19.8. The quantitative estimate of drug-likeness (QED) is 0.499. The molecule has 112 valence electrons. The molecule has 1 unspecified atom stereocenters.